The van der Waals surface area contributed by atoms with Gasteiger partial charge in [0.15, 0.2) is 0 Å². The number of hydrogen-bond donors (Lipinski definition) is 0. The third kappa shape index (κ3) is 2.95. The van der Waals surface area contributed by atoms with Gasteiger partial charge in [-0.3, -0.25) is 14.9 Å². The highest BCUT2D eigenvalue weighted by Crippen LogP contribution is 2.27. The van der Waals surface area contributed by atoms with Crippen LogP contribution in [0.5, 0.6) is 0 Å². The van der Waals surface area contributed by atoms with Gasteiger partial charge in [0.2, 0.25) is 11.7 Å². The van der Waals surface area contributed by atoms with Crippen LogP contribution in [0.3, 0.4) is 0 Å². The first-order chi connectivity index (χ1) is 9.38. The molecule has 6 heteroatoms. The third-order valence-electron chi connectivity index (χ3n) is 3.77. The van der Waals surface area contributed by atoms with Crippen LogP contribution in [0.2, 0.25) is 0 Å². The zero-order chi connectivity index (χ0) is 14.9. The van der Waals surface area contributed by atoms with Crippen molar-refractivity contribution in [3.8, 4) is 0 Å². The largest absolute Gasteiger partial charge is 0.338 e. The molecule has 1 amide bonds. The Morgan fingerprint density at radius 3 is 2.70 bits per heavy atom. The number of nitro benzene ring substituents is 1. The quantitative estimate of drug-likeness (QED) is 0.629. The van der Waals surface area contributed by atoms with E-state index in [2.05, 4.69) is 13.8 Å². The maximum atomic E-state index is 13.5. The molecule has 1 aliphatic rings. The molecule has 108 valence electrons. The van der Waals surface area contributed by atoms with E-state index in [4.69, 9.17) is 0 Å². The van der Waals surface area contributed by atoms with Crippen LogP contribution in [-0.4, -0.2) is 22.3 Å². The van der Waals surface area contributed by atoms with E-state index in [0.717, 1.165) is 12.1 Å². The van der Waals surface area contributed by atoms with Crippen LogP contribution >= 0.6 is 0 Å². The highest BCUT2D eigenvalue weighted by molar-refractivity contribution is 5.78. The Labute approximate surface area is 116 Å². The number of benzene rings is 1. The molecule has 0 radical (unpaired) electrons. The van der Waals surface area contributed by atoms with Gasteiger partial charge in [0, 0.05) is 25.6 Å². The molecule has 1 unspecified atom stereocenters. The molecule has 0 aromatic heterocycles. The Hall–Kier alpha value is -1.98. The standard InChI is InChI=1S/C14H17FN2O3/c1-9(2)11-6-14(18)16(8-11)7-10-3-4-13(17(19)20)12(15)5-10/h3-5,9,11H,6-8H2,1-2H3. The number of likely N-dealkylation sites (tertiary alicyclic amines) is 1. The van der Waals surface area contributed by atoms with Crippen LogP contribution in [0.25, 0.3) is 0 Å². The summed E-state index contributed by atoms with van der Waals surface area (Å²) in [5, 5.41) is 10.5. The Bertz CT molecular complexity index is 545. The summed E-state index contributed by atoms with van der Waals surface area (Å²) < 4.78 is 13.5. The molecule has 1 saturated heterocycles. The molecule has 1 aliphatic heterocycles. The van der Waals surface area contributed by atoms with Gasteiger partial charge in [-0.05, 0) is 23.5 Å². The number of carbonyl (C=O) groups is 1. The van der Waals surface area contributed by atoms with Crippen molar-refractivity contribution >= 4 is 11.6 Å². The fourth-order valence-corrected chi connectivity index (χ4v) is 2.42. The van der Waals surface area contributed by atoms with Gasteiger partial charge in [0.1, 0.15) is 0 Å². The Morgan fingerprint density at radius 1 is 1.50 bits per heavy atom. The predicted molar refractivity (Wildman–Crippen MR) is 71.4 cm³/mol. The third-order valence-corrected chi connectivity index (χ3v) is 3.77. The monoisotopic (exact) mass is 280 g/mol. The second-order valence-electron chi connectivity index (χ2n) is 5.53. The maximum absolute atomic E-state index is 13.5. The van der Waals surface area contributed by atoms with Gasteiger partial charge in [-0.1, -0.05) is 19.9 Å². The topological polar surface area (TPSA) is 63.5 Å². The van der Waals surface area contributed by atoms with Crippen molar-refractivity contribution in [1.29, 1.82) is 0 Å². The molecular weight excluding hydrogens is 263 g/mol. The second-order valence-corrected chi connectivity index (χ2v) is 5.53. The summed E-state index contributed by atoms with van der Waals surface area (Å²) in [5.41, 5.74) is 0.0346. The molecule has 5 nitrogen and oxygen atoms in total. The van der Waals surface area contributed by atoms with E-state index >= 15 is 0 Å². The molecule has 1 atom stereocenters. The number of halogens is 1. The smallest absolute Gasteiger partial charge is 0.304 e. The lowest BCUT2D eigenvalue weighted by atomic mass is 9.95. The Balaban J connectivity index is 2.09. The molecule has 1 aromatic carbocycles. The van der Waals surface area contributed by atoms with Crippen molar-refractivity contribution in [2.24, 2.45) is 11.8 Å². The first-order valence-corrected chi connectivity index (χ1v) is 6.59. The molecule has 2 rings (SSSR count). The van der Waals surface area contributed by atoms with Crippen molar-refractivity contribution in [1.82, 2.24) is 4.90 Å². The summed E-state index contributed by atoms with van der Waals surface area (Å²) in [6, 6.07) is 3.77. The number of rotatable bonds is 4. The van der Waals surface area contributed by atoms with Crippen LogP contribution < -0.4 is 0 Å². The van der Waals surface area contributed by atoms with Crippen molar-refractivity contribution in [3.05, 3.63) is 39.7 Å². The lowest BCUT2D eigenvalue weighted by Gasteiger charge is -2.18. The lowest BCUT2D eigenvalue weighted by molar-refractivity contribution is -0.387. The fourth-order valence-electron chi connectivity index (χ4n) is 2.42. The molecule has 0 saturated carbocycles. The van der Waals surface area contributed by atoms with E-state index in [9.17, 15) is 19.3 Å². The van der Waals surface area contributed by atoms with Crippen molar-refractivity contribution < 1.29 is 14.1 Å². The molecule has 1 aromatic rings. The molecule has 0 spiro atoms. The minimum atomic E-state index is -0.862. The molecule has 1 heterocycles. The maximum Gasteiger partial charge on any atom is 0.304 e. The SMILES string of the molecule is CC(C)C1CC(=O)N(Cc2ccc([N+](=O)[O-])c(F)c2)C1. The van der Waals surface area contributed by atoms with Crippen LogP contribution in [0.4, 0.5) is 10.1 Å². The van der Waals surface area contributed by atoms with Crippen molar-refractivity contribution in [3.63, 3.8) is 0 Å². The van der Waals surface area contributed by atoms with Crippen molar-refractivity contribution in [2.45, 2.75) is 26.8 Å². The molecule has 0 N–H and O–H groups in total. The number of nitro groups is 1. The van der Waals surface area contributed by atoms with Crippen LogP contribution in [0.1, 0.15) is 25.8 Å². The summed E-state index contributed by atoms with van der Waals surface area (Å²) in [4.78, 5) is 23.4. The molecule has 0 bridgehead atoms. The number of hydrogen-bond acceptors (Lipinski definition) is 3. The van der Waals surface area contributed by atoms with Gasteiger partial charge in [-0.25, -0.2) is 0 Å². The molecular formula is C14H17FN2O3. The van der Waals surface area contributed by atoms with E-state index in [-0.39, 0.29) is 5.91 Å². The minimum absolute atomic E-state index is 0.0578. The molecule has 0 aliphatic carbocycles. The highest BCUT2D eigenvalue weighted by atomic mass is 19.1. The van der Waals surface area contributed by atoms with E-state index < -0.39 is 16.4 Å². The second kappa shape index (κ2) is 5.56. The van der Waals surface area contributed by atoms with E-state index in [1.54, 1.807) is 4.90 Å². The first-order valence-electron chi connectivity index (χ1n) is 6.59. The summed E-state index contributed by atoms with van der Waals surface area (Å²) in [5.74, 6) is -0.0510. The van der Waals surface area contributed by atoms with Gasteiger partial charge in [-0.2, -0.15) is 4.39 Å². The normalized spacial score (nSPS) is 18.9. The van der Waals surface area contributed by atoms with Gasteiger partial charge in [0.25, 0.3) is 0 Å². The zero-order valence-corrected chi connectivity index (χ0v) is 11.5. The average Bonchev–Trinajstić information content (AvgIpc) is 2.71. The fraction of sp³-hybridized carbons (Fsp3) is 0.500. The van der Waals surface area contributed by atoms with E-state index in [0.29, 0.717) is 36.9 Å². The summed E-state index contributed by atoms with van der Waals surface area (Å²) in [7, 11) is 0. The number of carbonyl (C=O) groups excluding carboxylic acids is 1. The van der Waals surface area contributed by atoms with Gasteiger partial charge >= 0.3 is 5.69 Å². The number of nitrogens with zero attached hydrogens (tertiary/aromatic N) is 2. The summed E-state index contributed by atoms with van der Waals surface area (Å²) in [6.45, 7) is 5.12. The van der Waals surface area contributed by atoms with E-state index in [1.165, 1.54) is 6.07 Å². The van der Waals surface area contributed by atoms with Crippen LogP contribution in [0.15, 0.2) is 18.2 Å². The van der Waals surface area contributed by atoms with Crippen LogP contribution in [-0.2, 0) is 11.3 Å². The Morgan fingerprint density at radius 2 is 2.20 bits per heavy atom. The molecule has 1 fully saturated rings. The van der Waals surface area contributed by atoms with Gasteiger partial charge in [0.05, 0.1) is 4.92 Å². The average molecular weight is 280 g/mol. The molecule has 20 heavy (non-hydrogen) atoms. The number of amides is 1. The van der Waals surface area contributed by atoms with Gasteiger partial charge in [-0.15, -0.1) is 0 Å². The summed E-state index contributed by atoms with van der Waals surface area (Å²) in [6.07, 6.45) is 0.521. The summed E-state index contributed by atoms with van der Waals surface area (Å²) >= 11 is 0. The Kier molecular flexibility index (Phi) is 4.01. The first kappa shape index (κ1) is 14.4. The van der Waals surface area contributed by atoms with Crippen LogP contribution in [0, 0.1) is 27.8 Å². The van der Waals surface area contributed by atoms with Crippen molar-refractivity contribution in [2.75, 3.05) is 6.54 Å². The van der Waals surface area contributed by atoms with E-state index in [1.807, 2.05) is 0 Å². The highest BCUT2D eigenvalue weighted by Gasteiger charge is 2.31. The van der Waals surface area contributed by atoms with Gasteiger partial charge < -0.3 is 4.90 Å². The minimum Gasteiger partial charge on any atom is -0.338 e. The predicted octanol–water partition coefficient (Wildman–Crippen LogP) is 2.74. The lowest BCUT2D eigenvalue weighted by Crippen LogP contribution is -2.25. The zero-order valence-electron chi connectivity index (χ0n) is 11.5.